The van der Waals surface area contributed by atoms with Gasteiger partial charge in [-0.3, -0.25) is 4.79 Å². The molecule has 3 aromatic carbocycles. The van der Waals surface area contributed by atoms with Gasteiger partial charge in [-0.25, -0.2) is 0 Å². The highest BCUT2D eigenvalue weighted by Crippen LogP contribution is 2.28. The van der Waals surface area contributed by atoms with Gasteiger partial charge in [-0.1, -0.05) is 36.4 Å². The van der Waals surface area contributed by atoms with Crippen LogP contribution in [0.15, 0.2) is 66.7 Å². The first kappa shape index (κ1) is 17.7. The molecule has 0 saturated carbocycles. The predicted octanol–water partition coefficient (Wildman–Crippen LogP) is 5.33. The van der Waals surface area contributed by atoms with Crippen LogP contribution in [-0.2, 0) is 0 Å². The topological polar surface area (TPSA) is 38.3 Å². The Morgan fingerprint density at radius 3 is 2.38 bits per heavy atom. The number of rotatable bonds is 5. The summed E-state index contributed by atoms with van der Waals surface area (Å²) in [5.74, 6) is -1.10. The van der Waals surface area contributed by atoms with Crippen molar-refractivity contribution < 1.29 is 27.1 Å². The van der Waals surface area contributed by atoms with Crippen LogP contribution >= 0.6 is 0 Å². The quantitative estimate of drug-likeness (QED) is 0.623. The van der Waals surface area contributed by atoms with E-state index in [2.05, 4.69) is 10.1 Å². The highest BCUT2D eigenvalue weighted by molar-refractivity contribution is 6.05. The van der Waals surface area contributed by atoms with E-state index in [9.17, 15) is 22.4 Å². The average molecular weight is 363 g/mol. The maximum Gasteiger partial charge on any atom is 0.461 e. The smallest absolute Gasteiger partial charge is 0.428 e. The van der Waals surface area contributed by atoms with Crippen LogP contribution in [0, 0.1) is 0 Å². The molecule has 0 spiro atoms. The van der Waals surface area contributed by atoms with Gasteiger partial charge in [0.25, 0.3) is 5.91 Å². The number of alkyl halides is 4. The first-order valence-electron chi connectivity index (χ1n) is 7.60. The largest absolute Gasteiger partial charge is 0.461 e. The molecular weight excluding hydrogens is 350 g/mol. The molecule has 0 aromatic heterocycles. The fraction of sp³-hybridized carbons (Fsp3) is 0.105. The normalized spacial score (nSPS) is 11.6. The molecule has 0 fully saturated rings. The molecule has 0 aliphatic heterocycles. The Bertz CT molecular complexity index is 943. The monoisotopic (exact) mass is 363 g/mol. The second-order valence-electron chi connectivity index (χ2n) is 5.51. The van der Waals surface area contributed by atoms with Crippen LogP contribution in [0.2, 0.25) is 0 Å². The molecule has 3 nitrogen and oxygen atoms in total. The van der Waals surface area contributed by atoms with Crippen LogP contribution in [0.5, 0.6) is 5.75 Å². The third-order valence-electron chi connectivity index (χ3n) is 3.61. The Labute approximate surface area is 146 Å². The predicted molar refractivity (Wildman–Crippen MR) is 89.9 cm³/mol. The summed E-state index contributed by atoms with van der Waals surface area (Å²) in [6, 6.07) is 17.5. The molecule has 0 unspecified atom stereocenters. The molecule has 3 aromatic rings. The second-order valence-corrected chi connectivity index (χ2v) is 5.51. The maximum absolute atomic E-state index is 13.0. The third-order valence-corrected chi connectivity index (χ3v) is 3.61. The van der Waals surface area contributed by atoms with E-state index in [0.29, 0.717) is 5.69 Å². The van der Waals surface area contributed by atoms with Crippen LogP contribution in [-0.4, -0.2) is 18.4 Å². The second kappa shape index (κ2) is 7.03. The van der Waals surface area contributed by atoms with Crippen molar-refractivity contribution in [3.8, 4) is 5.75 Å². The molecule has 134 valence electrons. The van der Waals surface area contributed by atoms with Crippen molar-refractivity contribution in [1.82, 2.24) is 0 Å². The standard InChI is InChI=1S/C19H13F4NO2/c20-18(21)19(22,23)26-16-7-3-6-14(11-16)17(25)24-15-9-8-12-4-1-2-5-13(12)10-15/h1-11,18H,(H,24,25). The van der Waals surface area contributed by atoms with Gasteiger partial charge < -0.3 is 10.1 Å². The summed E-state index contributed by atoms with van der Waals surface area (Å²) in [6.07, 6.45) is -8.61. The molecular formula is C19H13F4NO2. The lowest BCUT2D eigenvalue weighted by Gasteiger charge is -2.17. The Balaban J connectivity index is 1.78. The van der Waals surface area contributed by atoms with Crippen molar-refractivity contribution >= 4 is 22.4 Å². The van der Waals surface area contributed by atoms with E-state index >= 15 is 0 Å². The summed E-state index contributed by atoms with van der Waals surface area (Å²) in [7, 11) is 0. The molecule has 0 aliphatic carbocycles. The van der Waals surface area contributed by atoms with Crippen molar-refractivity contribution in [3.63, 3.8) is 0 Å². The Kier molecular flexibility index (Phi) is 4.79. The number of halogens is 4. The molecule has 0 heterocycles. The van der Waals surface area contributed by atoms with Gasteiger partial charge in [0.05, 0.1) is 0 Å². The first-order chi connectivity index (χ1) is 12.3. The number of ether oxygens (including phenoxy) is 1. The summed E-state index contributed by atoms with van der Waals surface area (Å²) >= 11 is 0. The van der Waals surface area contributed by atoms with Crippen molar-refractivity contribution in [2.75, 3.05) is 5.32 Å². The van der Waals surface area contributed by atoms with Crippen molar-refractivity contribution in [2.24, 2.45) is 0 Å². The molecule has 1 amide bonds. The lowest BCUT2D eigenvalue weighted by Crippen LogP contribution is -2.33. The van der Waals surface area contributed by atoms with Gasteiger partial charge in [0.15, 0.2) is 0 Å². The summed E-state index contributed by atoms with van der Waals surface area (Å²) in [5, 5.41) is 4.54. The minimum Gasteiger partial charge on any atom is -0.428 e. The van der Waals surface area contributed by atoms with E-state index in [1.54, 1.807) is 12.1 Å². The maximum atomic E-state index is 13.0. The Hall–Kier alpha value is -3.09. The molecule has 0 saturated heterocycles. The molecule has 0 radical (unpaired) electrons. The van der Waals surface area contributed by atoms with E-state index in [0.717, 1.165) is 22.9 Å². The van der Waals surface area contributed by atoms with Gasteiger partial charge in [-0.05, 0) is 41.1 Å². The number of hydrogen-bond donors (Lipinski definition) is 1. The van der Waals surface area contributed by atoms with Gasteiger partial charge in [0, 0.05) is 11.3 Å². The number of benzene rings is 3. The van der Waals surface area contributed by atoms with Crippen LogP contribution < -0.4 is 10.1 Å². The molecule has 3 rings (SSSR count). The van der Waals surface area contributed by atoms with Crippen molar-refractivity contribution in [1.29, 1.82) is 0 Å². The average Bonchev–Trinajstić information content (AvgIpc) is 2.61. The summed E-state index contributed by atoms with van der Waals surface area (Å²) < 4.78 is 54.4. The van der Waals surface area contributed by atoms with Crippen LogP contribution in [0.1, 0.15) is 10.4 Å². The SMILES string of the molecule is O=C(Nc1ccc2ccccc2c1)c1cccc(OC(F)(F)C(F)F)c1. The molecule has 0 bridgehead atoms. The van der Waals surface area contributed by atoms with E-state index in [-0.39, 0.29) is 5.56 Å². The van der Waals surface area contributed by atoms with Crippen LogP contribution in [0.4, 0.5) is 23.2 Å². The van der Waals surface area contributed by atoms with Gasteiger partial charge in [-0.15, -0.1) is 0 Å². The Morgan fingerprint density at radius 1 is 0.923 bits per heavy atom. The van der Waals surface area contributed by atoms with Gasteiger partial charge in [0.2, 0.25) is 0 Å². The number of hydrogen-bond acceptors (Lipinski definition) is 2. The van der Waals surface area contributed by atoms with Gasteiger partial charge in [0.1, 0.15) is 5.75 Å². The van der Waals surface area contributed by atoms with Crippen LogP contribution in [0.25, 0.3) is 10.8 Å². The van der Waals surface area contributed by atoms with E-state index < -0.39 is 24.2 Å². The first-order valence-corrected chi connectivity index (χ1v) is 7.60. The fourth-order valence-corrected chi connectivity index (χ4v) is 2.37. The molecule has 7 heteroatoms. The zero-order valence-electron chi connectivity index (χ0n) is 13.3. The van der Waals surface area contributed by atoms with Gasteiger partial charge in [-0.2, -0.15) is 17.6 Å². The third kappa shape index (κ3) is 3.93. The molecule has 0 atom stereocenters. The van der Waals surface area contributed by atoms with Crippen LogP contribution in [0.3, 0.4) is 0 Å². The van der Waals surface area contributed by atoms with E-state index in [1.807, 2.05) is 30.3 Å². The fourth-order valence-electron chi connectivity index (χ4n) is 2.37. The summed E-state index contributed by atoms with van der Waals surface area (Å²) in [6.45, 7) is 0. The summed E-state index contributed by atoms with van der Waals surface area (Å²) in [4.78, 5) is 12.3. The number of nitrogens with one attached hydrogen (secondary N) is 1. The minimum atomic E-state index is -4.63. The number of carbonyl (C=O) groups excluding carboxylic acids is 1. The highest BCUT2D eigenvalue weighted by atomic mass is 19.3. The number of fused-ring (bicyclic) bond motifs is 1. The zero-order chi connectivity index (χ0) is 18.7. The zero-order valence-corrected chi connectivity index (χ0v) is 13.3. The lowest BCUT2D eigenvalue weighted by molar-refractivity contribution is -0.253. The summed E-state index contributed by atoms with van der Waals surface area (Å²) in [5.41, 5.74) is 0.513. The molecule has 26 heavy (non-hydrogen) atoms. The van der Waals surface area contributed by atoms with Crippen molar-refractivity contribution in [2.45, 2.75) is 12.5 Å². The van der Waals surface area contributed by atoms with Gasteiger partial charge >= 0.3 is 12.5 Å². The molecule has 1 N–H and O–H groups in total. The molecule has 0 aliphatic rings. The number of anilines is 1. The number of carbonyl (C=O) groups is 1. The highest BCUT2D eigenvalue weighted by Gasteiger charge is 2.44. The Morgan fingerprint density at radius 2 is 1.65 bits per heavy atom. The van der Waals surface area contributed by atoms with E-state index in [1.165, 1.54) is 12.1 Å². The van der Waals surface area contributed by atoms with Crippen molar-refractivity contribution in [3.05, 3.63) is 72.3 Å². The lowest BCUT2D eigenvalue weighted by atomic mass is 10.1. The van der Waals surface area contributed by atoms with E-state index in [4.69, 9.17) is 0 Å². The number of amides is 1. The minimum absolute atomic E-state index is 0.000671.